The van der Waals surface area contributed by atoms with Gasteiger partial charge in [-0.05, 0) is 25.7 Å². The average Bonchev–Trinajstić information content (AvgIpc) is 2.24. The van der Waals surface area contributed by atoms with Crippen LogP contribution in [0, 0.1) is 0 Å². The number of hydrogen-bond acceptors (Lipinski definition) is 1. The van der Waals surface area contributed by atoms with Gasteiger partial charge in [0.2, 0.25) is 0 Å². The topological polar surface area (TPSA) is 37.3 Å². The van der Waals surface area contributed by atoms with E-state index in [2.05, 4.69) is 6.92 Å². The molecule has 0 saturated carbocycles. The molecule has 0 rings (SSSR count). The predicted molar refractivity (Wildman–Crippen MR) is 64.0 cm³/mol. The minimum Gasteiger partial charge on any atom is -0.478 e. The van der Waals surface area contributed by atoms with Crippen molar-refractivity contribution in [3.63, 3.8) is 0 Å². The van der Waals surface area contributed by atoms with Crippen molar-refractivity contribution in [1.29, 1.82) is 0 Å². The largest absolute Gasteiger partial charge is 0.478 e. The summed E-state index contributed by atoms with van der Waals surface area (Å²) in [4.78, 5) is 11.0. The highest BCUT2D eigenvalue weighted by Crippen LogP contribution is 2.11. The van der Waals surface area contributed by atoms with E-state index in [1.54, 1.807) is 0 Å². The van der Waals surface area contributed by atoms with Gasteiger partial charge in [-0.15, -0.1) is 0 Å². The maximum absolute atomic E-state index is 11.0. The van der Waals surface area contributed by atoms with E-state index < -0.39 is 5.97 Å². The average molecular weight is 213 g/mol. The van der Waals surface area contributed by atoms with Crippen LogP contribution in [0.2, 0.25) is 0 Å². The monoisotopic (exact) mass is 213 g/mol. The van der Waals surface area contributed by atoms with E-state index in [4.69, 9.17) is 6.48 Å². The predicted octanol–water partition coefficient (Wildman–Crippen LogP) is 4.16. The van der Waals surface area contributed by atoms with Crippen molar-refractivity contribution in [2.24, 2.45) is 0 Å². The quantitative estimate of drug-likeness (QED) is 0.461. The van der Waals surface area contributed by atoms with E-state index >= 15 is 0 Å². The van der Waals surface area contributed by atoms with Crippen LogP contribution in [0.4, 0.5) is 0 Å². The maximum Gasteiger partial charge on any atom is 0.331 e. The van der Waals surface area contributed by atoms with Gasteiger partial charge >= 0.3 is 5.97 Å². The summed E-state index contributed by atoms with van der Waals surface area (Å²) in [6, 6.07) is 0.331. The number of carboxylic acid groups (broad SMARTS) is 1. The van der Waals surface area contributed by atoms with Crippen molar-refractivity contribution in [2.45, 2.75) is 65.2 Å². The van der Waals surface area contributed by atoms with Crippen LogP contribution >= 0.6 is 0 Å². The van der Waals surface area contributed by atoms with Crippen LogP contribution in [0.5, 0.6) is 0 Å². The van der Waals surface area contributed by atoms with Crippen molar-refractivity contribution in [3.05, 3.63) is 11.6 Å². The Hall–Kier alpha value is -0.790. The molecule has 0 fully saturated rings. The number of rotatable bonds is 9. The van der Waals surface area contributed by atoms with Gasteiger partial charge in [0.1, 0.15) is 0 Å². The zero-order chi connectivity index (χ0) is 12.4. The minimum atomic E-state index is -0.908. The van der Waals surface area contributed by atoms with Gasteiger partial charge < -0.3 is 5.11 Å². The summed E-state index contributed by atoms with van der Waals surface area (Å²) in [6.07, 6.45) is 7.36. The van der Waals surface area contributed by atoms with Crippen molar-refractivity contribution < 1.29 is 11.3 Å². The third kappa shape index (κ3) is 8.22. The van der Waals surface area contributed by atoms with Crippen LogP contribution in [-0.4, -0.2) is 11.1 Å². The molecule has 0 atom stereocenters. The fourth-order valence-corrected chi connectivity index (χ4v) is 1.42. The summed E-state index contributed by atoms with van der Waals surface area (Å²) >= 11 is 0. The summed E-state index contributed by atoms with van der Waals surface area (Å²) < 4.78 is 7.77. The van der Waals surface area contributed by atoms with Gasteiger partial charge in [-0.25, -0.2) is 4.79 Å². The number of hydrogen-bond donors (Lipinski definition) is 1. The number of carbonyl (C=O) groups is 1. The Labute approximate surface area is 94.8 Å². The molecule has 88 valence electrons. The molecular weight excluding hydrogens is 188 g/mol. The summed E-state index contributed by atoms with van der Waals surface area (Å²) in [7, 11) is 0. The summed E-state index contributed by atoms with van der Waals surface area (Å²) in [6.45, 7) is 4.17. The van der Waals surface area contributed by atoms with Gasteiger partial charge in [0.25, 0.3) is 0 Å². The summed E-state index contributed by atoms with van der Waals surface area (Å²) in [5.74, 6) is -0.908. The first-order chi connectivity index (χ1) is 7.63. The number of allylic oxidation sites excluding steroid dienone is 1. The van der Waals surface area contributed by atoms with Crippen LogP contribution in [-0.2, 0) is 4.79 Å². The first kappa shape index (κ1) is 12.3. The lowest BCUT2D eigenvalue weighted by Crippen LogP contribution is -2.00. The van der Waals surface area contributed by atoms with Crippen LogP contribution in [0.1, 0.15) is 66.6 Å². The van der Waals surface area contributed by atoms with Crippen LogP contribution < -0.4 is 0 Å². The number of carboxylic acids is 1. The molecule has 15 heavy (non-hydrogen) atoms. The first-order valence-corrected chi connectivity index (χ1v) is 6.05. The second-order valence-electron chi connectivity index (χ2n) is 3.87. The molecule has 0 saturated heterocycles. The standard InChI is InChI=1S/C13H24O2/c1-3-5-7-8-9-11-12(13(14)15)10-6-4-2/h11H,3-10H2,1-2H3,(H,14,15)/b12-11-/i11D. The molecule has 2 heteroatoms. The lowest BCUT2D eigenvalue weighted by atomic mass is 10.1. The molecule has 0 unspecified atom stereocenters. The summed E-state index contributed by atoms with van der Waals surface area (Å²) in [5, 5.41) is 9.00. The molecule has 0 aromatic carbocycles. The third-order valence-electron chi connectivity index (χ3n) is 2.41. The fourth-order valence-electron chi connectivity index (χ4n) is 1.42. The number of aliphatic carboxylic acids is 1. The normalized spacial score (nSPS) is 13.3. The van der Waals surface area contributed by atoms with E-state index in [1.807, 2.05) is 6.92 Å². The lowest BCUT2D eigenvalue weighted by Gasteiger charge is -2.01. The Morgan fingerprint density at radius 3 is 2.40 bits per heavy atom. The Bertz CT molecular complexity index is 234. The summed E-state index contributed by atoms with van der Waals surface area (Å²) in [5.41, 5.74) is 0.318. The van der Waals surface area contributed by atoms with Gasteiger partial charge in [0, 0.05) is 5.57 Å². The van der Waals surface area contributed by atoms with Crippen molar-refractivity contribution in [2.75, 3.05) is 0 Å². The zero-order valence-corrected chi connectivity index (χ0v) is 10.0. The zero-order valence-electron chi connectivity index (χ0n) is 11.0. The molecule has 0 bridgehead atoms. The second-order valence-corrected chi connectivity index (χ2v) is 3.87. The van der Waals surface area contributed by atoms with Gasteiger partial charge in [-0.3, -0.25) is 0 Å². The van der Waals surface area contributed by atoms with Crippen molar-refractivity contribution in [3.8, 4) is 0 Å². The van der Waals surface area contributed by atoms with E-state index in [1.165, 1.54) is 12.8 Å². The van der Waals surface area contributed by atoms with Crippen molar-refractivity contribution in [1.82, 2.24) is 0 Å². The highest BCUT2D eigenvalue weighted by molar-refractivity contribution is 5.86. The highest BCUT2D eigenvalue weighted by atomic mass is 16.4. The van der Waals surface area contributed by atoms with Crippen LogP contribution in [0.25, 0.3) is 0 Å². The Morgan fingerprint density at radius 1 is 1.20 bits per heavy atom. The molecule has 1 N–H and O–H groups in total. The highest BCUT2D eigenvalue weighted by Gasteiger charge is 2.05. The molecule has 0 amide bonds. The molecule has 0 spiro atoms. The Balaban J connectivity index is 4.17. The molecule has 0 heterocycles. The second kappa shape index (κ2) is 9.75. The van der Waals surface area contributed by atoms with E-state index in [0.717, 1.165) is 25.7 Å². The molecule has 0 aromatic heterocycles. The molecule has 0 aliphatic carbocycles. The molecular formula is C13H24O2. The molecule has 2 nitrogen and oxygen atoms in total. The Kier molecular flexibility index (Phi) is 7.98. The Morgan fingerprint density at radius 2 is 1.87 bits per heavy atom. The van der Waals surface area contributed by atoms with Gasteiger partial charge in [-0.1, -0.05) is 45.6 Å². The maximum atomic E-state index is 11.0. The SMILES string of the molecule is [2H]/C(CCCCCC)=C(\CCCC)C(=O)O. The fraction of sp³-hybridized carbons (Fsp3) is 0.769. The van der Waals surface area contributed by atoms with Gasteiger partial charge in [0.05, 0.1) is 1.37 Å². The van der Waals surface area contributed by atoms with E-state index in [9.17, 15) is 4.79 Å². The lowest BCUT2D eigenvalue weighted by molar-refractivity contribution is -0.132. The minimum absolute atomic E-state index is 0.318. The smallest absolute Gasteiger partial charge is 0.331 e. The molecule has 0 radical (unpaired) electrons. The molecule has 0 aliphatic rings. The molecule has 0 aromatic rings. The van der Waals surface area contributed by atoms with Crippen LogP contribution in [0.3, 0.4) is 0 Å². The van der Waals surface area contributed by atoms with E-state index in [-0.39, 0.29) is 0 Å². The molecule has 0 aliphatic heterocycles. The van der Waals surface area contributed by atoms with Crippen LogP contribution in [0.15, 0.2) is 11.6 Å². The van der Waals surface area contributed by atoms with Gasteiger partial charge in [0.15, 0.2) is 0 Å². The number of unbranched alkanes of at least 4 members (excludes halogenated alkanes) is 4. The first-order valence-electron chi connectivity index (χ1n) is 6.55. The third-order valence-corrected chi connectivity index (χ3v) is 2.41. The van der Waals surface area contributed by atoms with Crippen molar-refractivity contribution >= 4 is 5.97 Å². The van der Waals surface area contributed by atoms with Gasteiger partial charge in [-0.2, -0.15) is 0 Å². The van der Waals surface area contributed by atoms with E-state index in [0.29, 0.717) is 24.5 Å².